The second-order valence-electron chi connectivity index (χ2n) is 5.41. The molecule has 6 nitrogen and oxygen atoms in total. The number of amides is 1. The Kier molecular flexibility index (Phi) is 4.90. The maximum atomic E-state index is 12.1. The largest absolute Gasteiger partial charge is 0.439 e. The van der Waals surface area contributed by atoms with Gasteiger partial charge in [0, 0.05) is 16.6 Å². The maximum Gasteiger partial charge on any atom is 0.242 e. The summed E-state index contributed by atoms with van der Waals surface area (Å²) in [6, 6.07) is 11.1. The first kappa shape index (κ1) is 15.9. The standard InChI is InChI=1S/C16H17BrN4O2/c1-10-7-14(21-20-10)16(22)19-12-5-6-15(18-9-12)23-13-4-2-3-11(17)8-13/h2-6,8-10,14,20-21H,7H2,1H3,(H,19,22). The van der Waals surface area contributed by atoms with Crippen molar-refractivity contribution in [3.63, 3.8) is 0 Å². The molecule has 0 bridgehead atoms. The molecule has 0 saturated carbocycles. The van der Waals surface area contributed by atoms with E-state index in [-0.39, 0.29) is 18.0 Å². The van der Waals surface area contributed by atoms with E-state index >= 15 is 0 Å². The average molecular weight is 377 g/mol. The van der Waals surface area contributed by atoms with Gasteiger partial charge in [-0.05, 0) is 37.6 Å². The van der Waals surface area contributed by atoms with Crippen LogP contribution in [0.2, 0.25) is 0 Å². The van der Waals surface area contributed by atoms with Crippen molar-refractivity contribution in [1.82, 2.24) is 15.8 Å². The molecule has 2 heterocycles. The van der Waals surface area contributed by atoms with E-state index in [0.29, 0.717) is 17.3 Å². The van der Waals surface area contributed by atoms with Gasteiger partial charge in [0.2, 0.25) is 11.8 Å². The van der Waals surface area contributed by atoms with Crippen LogP contribution in [0.3, 0.4) is 0 Å². The van der Waals surface area contributed by atoms with Crippen LogP contribution >= 0.6 is 15.9 Å². The summed E-state index contributed by atoms with van der Waals surface area (Å²) in [5.41, 5.74) is 6.63. The first-order chi connectivity index (χ1) is 11.1. The summed E-state index contributed by atoms with van der Waals surface area (Å²) in [4.78, 5) is 16.3. The van der Waals surface area contributed by atoms with Crippen LogP contribution in [-0.4, -0.2) is 23.0 Å². The summed E-state index contributed by atoms with van der Waals surface area (Å²) in [5.74, 6) is 1.08. The van der Waals surface area contributed by atoms with Crippen molar-refractivity contribution < 1.29 is 9.53 Å². The van der Waals surface area contributed by atoms with E-state index in [1.165, 1.54) is 0 Å². The van der Waals surface area contributed by atoms with E-state index < -0.39 is 0 Å². The van der Waals surface area contributed by atoms with Crippen molar-refractivity contribution in [2.24, 2.45) is 0 Å². The molecule has 1 aliphatic heterocycles. The number of benzene rings is 1. The summed E-state index contributed by atoms with van der Waals surface area (Å²) >= 11 is 3.39. The highest BCUT2D eigenvalue weighted by Gasteiger charge is 2.26. The van der Waals surface area contributed by atoms with Crippen LogP contribution in [-0.2, 0) is 4.79 Å². The number of halogens is 1. The lowest BCUT2D eigenvalue weighted by molar-refractivity contribution is -0.117. The second-order valence-corrected chi connectivity index (χ2v) is 6.33. The first-order valence-electron chi connectivity index (χ1n) is 7.31. The summed E-state index contributed by atoms with van der Waals surface area (Å²) in [5, 5.41) is 2.84. The Hall–Kier alpha value is -1.96. The van der Waals surface area contributed by atoms with Crippen LogP contribution in [0.25, 0.3) is 0 Å². The molecule has 3 rings (SSSR count). The molecule has 1 aromatic heterocycles. The van der Waals surface area contributed by atoms with Gasteiger partial charge in [-0.1, -0.05) is 22.0 Å². The van der Waals surface area contributed by atoms with Crippen molar-refractivity contribution in [2.45, 2.75) is 25.4 Å². The Morgan fingerprint density at radius 3 is 2.87 bits per heavy atom. The van der Waals surface area contributed by atoms with E-state index in [1.807, 2.05) is 31.2 Å². The molecule has 2 unspecified atom stereocenters. The molecule has 0 aliphatic carbocycles. The zero-order valence-corrected chi connectivity index (χ0v) is 14.1. The molecular formula is C16H17BrN4O2. The SMILES string of the molecule is CC1CC(C(=O)Nc2ccc(Oc3cccc(Br)c3)nc2)NN1. The number of carbonyl (C=O) groups is 1. The van der Waals surface area contributed by atoms with Gasteiger partial charge >= 0.3 is 0 Å². The Bertz CT molecular complexity index is 693. The Balaban J connectivity index is 1.59. The number of anilines is 1. The van der Waals surface area contributed by atoms with Crippen LogP contribution in [0.5, 0.6) is 11.6 Å². The van der Waals surface area contributed by atoms with E-state index in [4.69, 9.17) is 4.74 Å². The van der Waals surface area contributed by atoms with E-state index in [0.717, 1.165) is 10.9 Å². The van der Waals surface area contributed by atoms with Gasteiger partial charge in [-0.2, -0.15) is 0 Å². The molecule has 3 N–H and O–H groups in total. The molecule has 2 atom stereocenters. The van der Waals surface area contributed by atoms with Crippen LogP contribution in [0.4, 0.5) is 5.69 Å². The fraction of sp³-hybridized carbons (Fsp3) is 0.250. The number of hydrogen-bond acceptors (Lipinski definition) is 5. The Morgan fingerprint density at radius 1 is 1.35 bits per heavy atom. The topological polar surface area (TPSA) is 75.3 Å². The van der Waals surface area contributed by atoms with Crippen LogP contribution in [0, 0.1) is 0 Å². The Labute approximate surface area is 142 Å². The third-order valence-corrected chi connectivity index (χ3v) is 3.93. The van der Waals surface area contributed by atoms with Gasteiger partial charge in [0.25, 0.3) is 0 Å². The molecular weight excluding hydrogens is 360 g/mol. The zero-order valence-electron chi connectivity index (χ0n) is 12.5. The minimum absolute atomic E-state index is 0.0793. The third kappa shape index (κ3) is 4.28. The van der Waals surface area contributed by atoms with E-state index in [9.17, 15) is 4.79 Å². The Morgan fingerprint density at radius 2 is 2.22 bits per heavy atom. The van der Waals surface area contributed by atoms with Gasteiger partial charge < -0.3 is 10.1 Å². The number of ether oxygens (including phenoxy) is 1. The first-order valence-corrected chi connectivity index (χ1v) is 8.11. The predicted molar refractivity (Wildman–Crippen MR) is 91.2 cm³/mol. The molecule has 0 radical (unpaired) electrons. The van der Waals surface area contributed by atoms with Crippen molar-refractivity contribution >= 4 is 27.5 Å². The summed E-state index contributed by atoms with van der Waals surface area (Å²) < 4.78 is 6.59. The molecule has 1 aliphatic rings. The smallest absolute Gasteiger partial charge is 0.242 e. The third-order valence-electron chi connectivity index (χ3n) is 3.43. The van der Waals surface area contributed by atoms with Crippen LogP contribution < -0.4 is 20.9 Å². The van der Waals surface area contributed by atoms with Gasteiger partial charge in [-0.3, -0.25) is 10.2 Å². The fourth-order valence-corrected chi connectivity index (χ4v) is 2.66. The number of rotatable bonds is 4. The zero-order chi connectivity index (χ0) is 16.2. The molecule has 0 spiro atoms. The molecule has 1 aromatic carbocycles. The van der Waals surface area contributed by atoms with Crippen LogP contribution in [0.15, 0.2) is 47.1 Å². The number of carbonyl (C=O) groups excluding carboxylic acids is 1. The maximum absolute atomic E-state index is 12.1. The number of nitrogens with one attached hydrogen (secondary N) is 3. The van der Waals surface area contributed by atoms with Gasteiger partial charge in [0.15, 0.2) is 0 Å². The molecule has 1 fully saturated rings. The monoisotopic (exact) mass is 376 g/mol. The minimum atomic E-state index is -0.234. The molecule has 1 saturated heterocycles. The fourth-order valence-electron chi connectivity index (χ4n) is 2.28. The summed E-state index contributed by atoms with van der Waals surface area (Å²) in [7, 11) is 0. The quantitative estimate of drug-likeness (QED) is 0.764. The predicted octanol–water partition coefficient (Wildman–Crippen LogP) is 2.83. The lowest BCUT2D eigenvalue weighted by Gasteiger charge is -2.11. The number of hydrogen-bond donors (Lipinski definition) is 3. The molecule has 1 amide bonds. The van der Waals surface area contributed by atoms with Gasteiger partial charge in [0.05, 0.1) is 11.9 Å². The number of nitrogens with zero attached hydrogens (tertiary/aromatic N) is 1. The normalized spacial score (nSPS) is 20.3. The minimum Gasteiger partial charge on any atom is -0.439 e. The molecule has 120 valence electrons. The highest BCUT2D eigenvalue weighted by atomic mass is 79.9. The summed E-state index contributed by atoms with van der Waals surface area (Å²) in [6.07, 6.45) is 2.33. The number of aromatic nitrogens is 1. The van der Waals surface area contributed by atoms with Gasteiger partial charge in [-0.25, -0.2) is 10.4 Å². The van der Waals surface area contributed by atoms with E-state index in [2.05, 4.69) is 37.1 Å². The number of hydrazine groups is 1. The second kappa shape index (κ2) is 7.08. The number of pyridine rings is 1. The highest BCUT2D eigenvalue weighted by Crippen LogP contribution is 2.23. The lowest BCUT2D eigenvalue weighted by atomic mass is 10.1. The van der Waals surface area contributed by atoms with Crippen molar-refractivity contribution in [2.75, 3.05) is 5.32 Å². The average Bonchev–Trinajstić information content (AvgIpc) is 2.96. The van der Waals surface area contributed by atoms with E-state index in [1.54, 1.807) is 18.3 Å². The van der Waals surface area contributed by atoms with Crippen molar-refractivity contribution in [3.05, 3.63) is 47.1 Å². The van der Waals surface area contributed by atoms with Crippen molar-refractivity contribution in [1.29, 1.82) is 0 Å². The highest BCUT2D eigenvalue weighted by molar-refractivity contribution is 9.10. The van der Waals surface area contributed by atoms with Crippen LogP contribution in [0.1, 0.15) is 13.3 Å². The molecule has 23 heavy (non-hydrogen) atoms. The van der Waals surface area contributed by atoms with Gasteiger partial charge in [-0.15, -0.1) is 0 Å². The molecule has 7 heteroatoms. The summed E-state index contributed by atoms with van der Waals surface area (Å²) in [6.45, 7) is 2.02. The van der Waals surface area contributed by atoms with Gasteiger partial charge in [0.1, 0.15) is 11.8 Å². The molecule has 2 aromatic rings. The lowest BCUT2D eigenvalue weighted by Crippen LogP contribution is -2.39. The van der Waals surface area contributed by atoms with Crippen molar-refractivity contribution in [3.8, 4) is 11.6 Å².